The average molecular weight is 191 g/mol. The molecule has 0 radical (unpaired) electrons. The number of oxime groups is 1. The van der Waals surface area contributed by atoms with E-state index >= 15 is 0 Å². The summed E-state index contributed by atoms with van der Waals surface area (Å²) in [7, 11) is 1.44. The number of rotatable bonds is 4. The van der Waals surface area contributed by atoms with Gasteiger partial charge in [0.1, 0.15) is 7.11 Å². The Bertz CT molecular complexity index is 330. The van der Waals surface area contributed by atoms with Crippen LogP contribution in [0.2, 0.25) is 0 Å². The van der Waals surface area contributed by atoms with Crippen LogP contribution in [0.15, 0.2) is 35.5 Å². The Balaban J connectivity index is 3.02. The average Bonchev–Trinajstić information content (AvgIpc) is 2.26. The second kappa shape index (κ2) is 5.17. The van der Waals surface area contributed by atoms with Crippen LogP contribution in [0.3, 0.4) is 0 Å². The zero-order valence-corrected chi connectivity index (χ0v) is 8.36. The molecule has 14 heavy (non-hydrogen) atoms. The van der Waals surface area contributed by atoms with Crippen molar-refractivity contribution in [2.45, 2.75) is 13.3 Å². The van der Waals surface area contributed by atoms with E-state index in [9.17, 15) is 4.79 Å². The molecule has 0 amide bonds. The number of Topliss-reactive ketones (excluding diaryl/α,β-unsaturated/α-hetero) is 1. The lowest BCUT2D eigenvalue weighted by atomic mass is 10.1. The summed E-state index contributed by atoms with van der Waals surface area (Å²) in [6.07, 6.45) is 0.428. The second-order valence-corrected chi connectivity index (χ2v) is 2.77. The van der Waals surface area contributed by atoms with E-state index < -0.39 is 0 Å². The normalized spacial score (nSPS) is 11.1. The summed E-state index contributed by atoms with van der Waals surface area (Å²) in [5.41, 5.74) is 1.18. The van der Waals surface area contributed by atoms with Crippen molar-refractivity contribution in [2.24, 2.45) is 5.16 Å². The smallest absolute Gasteiger partial charge is 0.184 e. The highest BCUT2D eigenvalue weighted by Gasteiger charge is 2.11. The molecular weight excluding hydrogens is 178 g/mol. The molecule has 1 aromatic rings. The third-order valence-electron chi connectivity index (χ3n) is 1.82. The molecule has 0 aliphatic heterocycles. The van der Waals surface area contributed by atoms with Crippen molar-refractivity contribution in [2.75, 3.05) is 7.11 Å². The quantitative estimate of drug-likeness (QED) is 0.539. The predicted octanol–water partition coefficient (Wildman–Crippen LogP) is 2.02. The molecular formula is C11H13NO2. The molecule has 3 nitrogen and oxygen atoms in total. The molecule has 0 N–H and O–H groups in total. The molecule has 74 valence electrons. The molecule has 0 saturated carbocycles. The Kier molecular flexibility index (Phi) is 3.85. The Morgan fingerprint density at radius 3 is 2.50 bits per heavy atom. The fraction of sp³-hybridized carbons (Fsp3) is 0.273. The minimum absolute atomic E-state index is 0.0157. The number of hydrogen-bond acceptors (Lipinski definition) is 3. The van der Waals surface area contributed by atoms with E-state index in [4.69, 9.17) is 0 Å². The molecule has 0 unspecified atom stereocenters. The van der Waals surface area contributed by atoms with Crippen molar-refractivity contribution < 1.29 is 9.63 Å². The highest BCUT2D eigenvalue weighted by Crippen LogP contribution is 2.04. The number of ketones is 1. The molecule has 1 aromatic carbocycles. The van der Waals surface area contributed by atoms with Crippen molar-refractivity contribution in [3.8, 4) is 0 Å². The lowest BCUT2D eigenvalue weighted by Crippen LogP contribution is -2.14. The maximum Gasteiger partial charge on any atom is 0.184 e. The van der Waals surface area contributed by atoms with E-state index in [-0.39, 0.29) is 5.78 Å². The van der Waals surface area contributed by atoms with E-state index in [0.717, 1.165) is 5.56 Å². The minimum atomic E-state index is -0.0157. The van der Waals surface area contributed by atoms with E-state index in [1.165, 1.54) is 7.11 Å². The molecule has 0 spiro atoms. The van der Waals surface area contributed by atoms with E-state index in [0.29, 0.717) is 12.1 Å². The van der Waals surface area contributed by atoms with Crippen LogP contribution in [0.5, 0.6) is 0 Å². The van der Waals surface area contributed by atoms with Crippen molar-refractivity contribution in [3.05, 3.63) is 35.9 Å². The van der Waals surface area contributed by atoms with E-state index in [1.54, 1.807) is 6.92 Å². The first-order valence-electron chi connectivity index (χ1n) is 4.49. The van der Waals surface area contributed by atoms with Gasteiger partial charge < -0.3 is 4.84 Å². The van der Waals surface area contributed by atoms with Gasteiger partial charge in [-0.15, -0.1) is 0 Å². The molecule has 0 aliphatic carbocycles. The summed E-state index contributed by atoms with van der Waals surface area (Å²) in [5.74, 6) is -0.0157. The number of carbonyl (C=O) groups is 1. The Labute approximate surface area is 83.4 Å². The third kappa shape index (κ3) is 2.42. The molecule has 0 heterocycles. The Hall–Kier alpha value is -1.64. The second-order valence-electron chi connectivity index (χ2n) is 2.77. The van der Waals surface area contributed by atoms with Crippen LogP contribution in [-0.4, -0.2) is 18.6 Å². The van der Waals surface area contributed by atoms with Gasteiger partial charge in [0, 0.05) is 12.0 Å². The maximum atomic E-state index is 11.5. The predicted molar refractivity (Wildman–Crippen MR) is 55.3 cm³/mol. The highest BCUT2D eigenvalue weighted by atomic mass is 16.6. The molecule has 1 rings (SSSR count). The van der Waals surface area contributed by atoms with Gasteiger partial charge in [0.15, 0.2) is 11.5 Å². The first-order valence-corrected chi connectivity index (χ1v) is 4.49. The summed E-state index contributed by atoms with van der Waals surface area (Å²) in [4.78, 5) is 16.1. The van der Waals surface area contributed by atoms with E-state index in [2.05, 4.69) is 9.99 Å². The summed E-state index contributed by atoms with van der Waals surface area (Å²) in [6, 6.07) is 9.30. The lowest BCUT2D eigenvalue weighted by Gasteiger charge is -2.02. The maximum absolute atomic E-state index is 11.5. The molecule has 0 bridgehead atoms. The van der Waals surface area contributed by atoms with Crippen molar-refractivity contribution >= 4 is 11.5 Å². The molecule has 0 fully saturated rings. The number of nitrogens with zero attached hydrogens (tertiary/aromatic N) is 1. The van der Waals surface area contributed by atoms with Crippen molar-refractivity contribution in [1.82, 2.24) is 0 Å². The standard InChI is InChI=1S/C11H13NO2/c1-3-10(13)11(12-14-2)9-7-5-4-6-8-9/h4-8H,3H2,1-2H3/b12-11+. The van der Waals surface area contributed by atoms with Crippen LogP contribution in [0.4, 0.5) is 0 Å². The monoisotopic (exact) mass is 191 g/mol. The van der Waals surface area contributed by atoms with Crippen molar-refractivity contribution in [1.29, 1.82) is 0 Å². The zero-order chi connectivity index (χ0) is 10.4. The van der Waals surface area contributed by atoms with Crippen LogP contribution in [-0.2, 0) is 9.63 Å². The van der Waals surface area contributed by atoms with Crippen LogP contribution in [0.1, 0.15) is 18.9 Å². The van der Waals surface area contributed by atoms with Gasteiger partial charge in [-0.2, -0.15) is 0 Å². The largest absolute Gasteiger partial charge is 0.399 e. The van der Waals surface area contributed by atoms with Gasteiger partial charge in [0.25, 0.3) is 0 Å². The molecule has 0 saturated heterocycles. The molecule has 0 aliphatic rings. The highest BCUT2D eigenvalue weighted by molar-refractivity contribution is 6.45. The summed E-state index contributed by atoms with van der Waals surface area (Å²) >= 11 is 0. The van der Waals surface area contributed by atoms with Gasteiger partial charge in [0.05, 0.1) is 0 Å². The van der Waals surface area contributed by atoms with Gasteiger partial charge in [-0.25, -0.2) is 0 Å². The van der Waals surface area contributed by atoms with Crippen molar-refractivity contribution in [3.63, 3.8) is 0 Å². The fourth-order valence-corrected chi connectivity index (χ4v) is 1.12. The first kappa shape index (κ1) is 10.4. The van der Waals surface area contributed by atoms with Gasteiger partial charge in [-0.05, 0) is 0 Å². The number of carbonyl (C=O) groups excluding carboxylic acids is 1. The third-order valence-corrected chi connectivity index (χ3v) is 1.82. The van der Waals surface area contributed by atoms with Crippen LogP contribution in [0.25, 0.3) is 0 Å². The molecule has 3 heteroatoms. The van der Waals surface area contributed by atoms with Crippen LogP contribution < -0.4 is 0 Å². The summed E-state index contributed by atoms with van der Waals surface area (Å²) in [5, 5.41) is 3.73. The van der Waals surface area contributed by atoms with Gasteiger partial charge in [0.2, 0.25) is 0 Å². The Morgan fingerprint density at radius 1 is 1.36 bits per heavy atom. The Morgan fingerprint density at radius 2 is 2.00 bits per heavy atom. The molecule has 0 aromatic heterocycles. The summed E-state index contributed by atoms with van der Waals surface area (Å²) < 4.78 is 0. The number of hydrogen-bond donors (Lipinski definition) is 0. The van der Waals surface area contributed by atoms with Gasteiger partial charge in [-0.1, -0.05) is 42.4 Å². The van der Waals surface area contributed by atoms with Gasteiger partial charge in [-0.3, -0.25) is 4.79 Å². The van der Waals surface area contributed by atoms with Gasteiger partial charge >= 0.3 is 0 Å². The minimum Gasteiger partial charge on any atom is -0.399 e. The zero-order valence-electron chi connectivity index (χ0n) is 8.36. The summed E-state index contributed by atoms with van der Waals surface area (Å²) in [6.45, 7) is 1.80. The lowest BCUT2D eigenvalue weighted by molar-refractivity contribution is -0.112. The van der Waals surface area contributed by atoms with E-state index in [1.807, 2.05) is 30.3 Å². The molecule has 0 atom stereocenters. The first-order chi connectivity index (χ1) is 6.79. The SMILES string of the molecule is CCC(=O)/C(=N/OC)c1ccccc1. The number of benzene rings is 1. The topological polar surface area (TPSA) is 38.7 Å². The van der Waals surface area contributed by atoms with Crippen LogP contribution >= 0.6 is 0 Å². The fourth-order valence-electron chi connectivity index (χ4n) is 1.12. The van der Waals surface area contributed by atoms with Crippen LogP contribution in [0, 0.1) is 0 Å².